The number of hydrogen-bond donors (Lipinski definition) is 0. The third-order valence-corrected chi connectivity index (χ3v) is 2.36. The molecule has 0 unspecified atom stereocenters. The van der Waals surface area contributed by atoms with E-state index in [1.807, 2.05) is 0 Å². The fourth-order valence-corrected chi connectivity index (χ4v) is 1.61. The number of rotatable bonds is 1. The van der Waals surface area contributed by atoms with Gasteiger partial charge in [-0.1, -0.05) is 0 Å². The Labute approximate surface area is 56.4 Å². The Morgan fingerprint density at radius 2 is 1.89 bits per heavy atom. The number of hydrogen-bond acceptors (Lipinski definition) is 1. The number of ether oxygens (including phenoxy) is 1. The average Bonchev–Trinajstić information content (AvgIpc) is 2.71. The summed E-state index contributed by atoms with van der Waals surface area (Å²) >= 11 is 0. The molecule has 1 nitrogen and oxygen atoms in total. The van der Waals surface area contributed by atoms with Crippen LogP contribution in [0.1, 0.15) is 32.1 Å². The van der Waals surface area contributed by atoms with E-state index in [9.17, 15) is 0 Å². The van der Waals surface area contributed by atoms with Crippen LogP contribution in [0.15, 0.2) is 0 Å². The van der Waals surface area contributed by atoms with Crippen molar-refractivity contribution < 1.29 is 4.74 Å². The Hall–Kier alpha value is -0.0400. The second-order valence-corrected chi connectivity index (χ2v) is 3.24. The lowest BCUT2D eigenvalue weighted by atomic mass is 10.1. The summed E-state index contributed by atoms with van der Waals surface area (Å²) in [7, 11) is 0. The highest BCUT2D eigenvalue weighted by atomic mass is 16.5. The van der Waals surface area contributed by atoms with E-state index in [1.165, 1.54) is 32.1 Å². The van der Waals surface area contributed by atoms with E-state index >= 15 is 0 Å². The lowest BCUT2D eigenvalue weighted by Crippen LogP contribution is -2.20. The van der Waals surface area contributed by atoms with Gasteiger partial charge < -0.3 is 4.74 Å². The Kier molecular flexibility index (Phi) is 1.46. The first-order chi connectivity index (χ1) is 4.47. The lowest BCUT2D eigenvalue weighted by Gasteiger charge is -2.21. The fraction of sp³-hybridized carbons (Fsp3) is 1.00. The van der Waals surface area contributed by atoms with Crippen molar-refractivity contribution in [3.63, 3.8) is 0 Å². The zero-order chi connectivity index (χ0) is 6.10. The molecule has 0 radical (unpaired) electrons. The molecule has 1 atom stereocenters. The van der Waals surface area contributed by atoms with E-state index in [0.29, 0.717) is 6.10 Å². The third-order valence-electron chi connectivity index (χ3n) is 2.36. The first kappa shape index (κ1) is 5.72. The fourth-order valence-electron chi connectivity index (χ4n) is 1.61. The van der Waals surface area contributed by atoms with Crippen LogP contribution >= 0.6 is 0 Å². The molecule has 1 saturated heterocycles. The molecular formula is C8H14O. The zero-order valence-electron chi connectivity index (χ0n) is 5.81. The smallest absolute Gasteiger partial charge is 0.0603 e. The van der Waals surface area contributed by atoms with E-state index in [0.717, 1.165) is 12.5 Å². The molecule has 52 valence electrons. The van der Waals surface area contributed by atoms with E-state index in [-0.39, 0.29) is 0 Å². The minimum absolute atomic E-state index is 0.666. The molecule has 0 N–H and O–H groups in total. The zero-order valence-corrected chi connectivity index (χ0v) is 5.81. The van der Waals surface area contributed by atoms with Crippen LogP contribution in [-0.4, -0.2) is 12.7 Å². The van der Waals surface area contributed by atoms with Gasteiger partial charge in [0.25, 0.3) is 0 Å². The van der Waals surface area contributed by atoms with Gasteiger partial charge in [0.1, 0.15) is 0 Å². The van der Waals surface area contributed by atoms with Crippen LogP contribution in [0.25, 0.3) is 0 Å². The van der Waals surface area contributed by atoms with Gasteiger partial charge in [-0.3, -0.25) is 0 Å². The van der Waals surface area contributed by atoms with Crippen LogP contribution in [0.5, 0.6) is 0 Å². The molecule has 2 aliphatic rings. The largest absolute Gasteiger partial charge is 0.378 e. The van der Waals surface area contributed by atoms with Crippen molar-refractivity contribution in [2.24, 2.45) is 5.92 Å². The Morgan fingerprint density at radius 3 is 2.44 bits per heavy atom. The van der Waals surface area contributed by atoms with E-state index in [1.54, 1.807) is 0 Å². The van der Waals surface area contributed by atoms with Gasteiger partial charge in [-0.05, 0) is 38.0 Å². The first-order valence-electron chi connectivity index (χ1n) is 4.08. The molecule has 1 aliphatic carbocycles. The molecule has 0 aromatic carbocycles. The lowest BCUT2D eigenvalue weighted by molar-refractivity contribution is 0.00261. The minimum Gasteiger partial charge on any atom is -0.378 e. The molecule has 1 saturated carbocycles. The molecule has 1 heteroatoms. The summed E-state index contributed by atoms with van der Waals surface area (Å²) in [5.41, 5.74) is 0. The summed E-state index contributed by atoms with van der Waals surface area (Å²) in [4.78, 5) is 0. The topological polar surface area (TPSA) is 9.23 Å². The predicted octanol–water partition coefficient (Wildman–Crippen LogP) is 1.97. The van der Waals surface area contributed by atoms with Crippen molar-refractivity contribution in [1.29, 1.82) is 0 Å². The van der Waals surface area contributed by atoms with Crippen LogP contribution in [-0.2, 0) is 4.74 Å². The molecule has 0 aromatic heterocycles. The predicted molar refractivity (Wildman–Crippen MR) is 36.3 cm³/mol. The summed E-state index contributed by atoms with van der Waals surface area (Å²) in [6.07, 6.45) is 7.57. The van der Waals surface area contributed by atoms with Crippen LogP contribution in [0, 0.1) is 5.92 Å². The van der Waals surface area contributed by atoms with Crippen molar-refractivity contribution >= 4 is 0 Å². The summed E-state index contributed by atoms with van der Waals surface area (Å²) in [5, 5.41) is 0. The Morgan fingerprint density at radius 1 is 1.00 bits per heavy atom. The first-order valence-corrected chi connectivity index (χ1v) is 4.08. The monoisotopic (exact) mass is 126 g/mol. The molecule has 9 heavy (non-hydrogen) atoms. The normalized spacial score (nSPS) is 36.7. The van der Waals surface area contributed by atoms with E-state index in [4.69, 9.17) is 4.74 Å². The van der Waals surface area contributed by atoms with Gasteiger partial charge in [-0.2, -0.15) is 0 Å². The second kappa shape index (κ2) is 2.30. The van der Waals surface area contributed by atoms with Crippen molar-refractivity contribution in [2.75, 3.05) is 6.61 Å². The van der Waals surface area contributed by atoms with Crippen molar-refractivity contribution in [2.45, 2.75) is 38.2 Å². The van der Waals surface area contributed by atoms with Crippen LogP contribution in [0.2, 0.25) is 0 Å². The minimum atomic E-state index is 0.666. The van der Waals surface area contributed by atoms with E-state index < -0.39 is 0 Å². The summed E-state index contributed by atoms with van der Waals surface area (Å²) in [5.74, 6) is 0.963. The molecule has 0 spiro atoms. The van der Waals surface area contributed by atoms with Gasteiger partial charge in [0.15, 0.2) is 0 Å². The average molecular weight is 126 g/mol. The summed E-state index contributed by atoms with van der Waals surface area (Å²) < 4.78 is 5.60. The third kappa shape index (κ3) is 1.26. The second-order valence-electron chi connectivity index (χ2n) is 3.24. The van der Waals surface area contributed by atoms with Gasteiger partial charge in [0, 0.05) is 6.61 Å². The van der Waals surface area contributed by atoms with E-state index in [2.05, 4.69) is 0 Å². The molecular weight excluding hydrogens is 112 g/mol. The van der Waals surface area contributed by atoms with Crippen LogP contribution in [0.3, 0.4) is 0 Å². The van der Waals surface area contributed by atoms with Gasteiger partial charge >= 0.3 is 0 Å². The van der Waals surface area contributed by atoms with Crippen molar-refractivity contribution in [3.8, 4) is 0 Å². The van der Waals surface area contributed by atoms with Crippen LogP contribution in [0.4, 0.5) is 0 Å². The summed E-state index contributed by atoms with van der Waals surface area (Å²) in [6, 6.07) is 0. The highest BCUT2D eigenvalue weighted by Gasteiger charge is 2.32. The summed E-state index contributed by atoms with van der Waals surface area (Å²) in [6.45, 7) is 1.03. The van der Waals surface area contributed by atoms with Gasteiger partial charge in [0.2, 0.25) is 0 Å². The quantitative estimate of drug-likeness (QED) is 0.522. The molecule has 1 heterocycles. The van der Waals surface area contributed by atoms with Crippen LogP contribution < -0.4 is 0 Å². The maximum absolute atomic E-state index is 5.60. The van der Waals surface area contributed by atoms with Crippen molar-refractivity contribution in [1.82, 2.24) is 0 Å². The maximum atomic E-state index is 5.60. The Balaban J connectivity index is 1.80. The molecule has 1 aliphatic heterocycles. The highest BCUT2D eigenvalue weighted by molar-refractivity contribution is 4.83. The Bertz CT molecular complexity index is 90.7. The standard InChI is InChI=1S/C8H14O/c1-2-6-9-8(3-1)7-4-5-7/h7-8H,1-6H2/t8-/m1/s1. The molecule has 0 bridgehead atoms. The SMILES string of the molecule is C1CC[C@H](C2CC2)OC1. The van der Waals surface area contributed by atoms with Gasteiger partial charge in [0.05, 0.1) is 6.10 Å². The molecule has 2 fully saturated rings. The van der Waals surface area contributed by atoms with Gasteiger partial charge in [-0.25, -0.2) is 0 Å². The van der Waals surface area contributed by atoms with Gasteiger partial charge in [-0.15, -0.1) is 0 Å². The van der Waals surface area contributed by atoms with Crippen molar-refractivity contribution in [3.05, 3.63) is 0 Å². The molecule has 0 aromatic rings. The highest BCUT2D eigenvalue weighted by Crippen LogP contribution is 2.37. The molecule has 0 amide bonds. The maximum Gasteiger partial charge on any atom is 0.0603 e. The molecule has 2 rings (SSSR count).